The minimum atomic E-state index is 0. The molecule has 1 atom stereocenters. The normalized spacial score (nSPS) is 25.9. The lowest BCUT2D eigenvalue weighted by Gasteiger charge is -2.20. The molecule has 0 bridgehead atoms. The Bertz CT molecular complexity index is 271. The maximum Gasteiger partial charge on any atom is 0.191 e. The monoisotopic (exact) mass is 367 g/mol. The zero-order chi connectivity index (χ0) is 12.1. The number of guanidine groups is 1. The Morgan fingerprint density at radius 2 is 2.17 bits per heavy atom. The van der Waals surface area contributed by atoms with E-state index in [2.05, 4.69) is 39.4 Å². The van der Waals surface area contributed by atoms with Crippen LogP contribution in [0.3, 0.4) is 0 Å². The van der Waals surface area contributed by atoms with E-state index < -0.39 is 0 Å². The molecule has 0 aromatic carbocycles. The van der Waals surface area contributed by atoms with Crippen LogP contribution in [0.4, 0.5) is 0 Å². The minimum Gasteiger partial charge on any atom is -0.355 e. The van der Waals surface area contributed by atoms with Gasteiger partial charge < -0.3 is 20.4 Å². The number of rotatable bonds is 3. The number of nitrogens with zero attached hydrogens (tertiary/aromatic N) is 3. The molecule has 0 saturated carbocycles. The molecule has 0 amide bonds. The van der Waals surface area contributed by atoms with Crippen molar-refractivity contribution in [3.63, 3.8) is 0 Å². The van der Waals surface area contributed by atoms with E-state index in [4.69, 9.17) is 0 Å². The van der Waals surface area contributed by atoms with Gasteiger partial charge in [-0.25, -0.2) is 0 Å². The van der Waals surface area contributed by atoms with Crippen molar-refractivity contribution >= 4 is 29.9 Å². The van der Waals surface area contributed by atoms with Crippen molar-refractivity contribution in [1.82, 2.24) is 20.4 Å². The predicted molar refractivity (Wildman–Crippen MR) is 86.9 cm³/mol. The van der Waals surface area contributed by atoms with E-state index >= 15 is 0 Å². The number of hydrogen-bond acceptors (Lipinski definition) is 5. The standard InChI is InChI=1S/C12H25N5.HI/c1-11-10-14-12(15-11)13-4-7-17-6-3-5-16(2)8-9-17;/h11H,3-10H2,1-2H3,(H2,13,14,15);1H. The summed E-state index contributed by atoms with van der Waals surface area (Å²) in [6.07, 6.45) is 1.28. The summed E-state index contributed by atoms with van der Waals surface area (Å²) in [7, 11) is 2.21. The summed E-state index contributed by atoms with van der Waals surface area (Å²) in [6.45, 7) is 9.99. The van der Waals surface area contributed by atoms with Crippen LogP contribution in [0.25, 0.3) is 0 Å². The first-order valence-electron chi connectivity index (χ1n) is 6.70. The van der Waals surface area contributed by atoms with E-state index in [1.807, 2.05) is 0 Å². The summed E-state index contributed by atoms with van der Waals surface area (Å²) in [5.74, 6) is 0.976. The molecule has 6 heteroatoms. The average molecular weight is 367 g/mol. The molecule has 0 aromatic heterocycles. The van der Waals surface area contributed by atoms with Crippen molar-refractivity contribution in [2.24, 2.45) is 4.99 Å². The third kappa shape index (κ3) is 5.27. The van der Waals surface area contributed by atoms with Gasteiger partial charge in [-0.1, -0.05) is 0 Å². The molecule has 0 radical (unpaired) electrons. The van der Waals surface area contributed by atoms with E-state index in [9.17, 15) is 0 Å². The molecule has 5 nitrogen and oxygen atoms in total. The number of aliphatic imine (C=N–C) groups is 1. The molecule has 2 N–H and O–H groups in total. The second-order valence-corrected chi connectivity index (χ2v) is 5.16. The highest BCUT2D eigenvalue weighted by Crippen LogP contribution is 2.00. The quantitative estimate of drug-likeness (QED) is 0.699. The Hall–Kier alpha value is -0.0800. The summed E-state index contributed by atoms with van der Waals surface area (Å²) in [6, 6.07) is 0.490. The number of halogens is 1. The van der Waals surface area contributed by atoms with Gasteiger partial charge in [0.15, 0.2) is 5.96 Å². The Labute approximate surface area is 127 Å². The van der Waals surface area contributed by atoms with Crippen LogP contribution in [0, 0.1) is 0 Å². The first-order valence-corrected chi connectivity index (χ1v) is 6.70. The van der Waals surface area contributed by atoms with E-state index in [0.29, 0.717) is 6.04 Å². The summed E-state index contributed by atoms with van der Waals surface area (Å²) in [4.78, 5) is 9.35. The zero-order valence-electron chi connectivity index (χ0n) is 11.5. The fourth-order valence-electron chi connectivity index (χ4n) is 2.32. The lowest BCUT2D eigenvalue weighted by Crippen LogP contribution is -2.42. The van der Waals surface area contributed by atoms with E-state index in [1.165, 1.54) is 32.6 Å². The molecule has 2 aliphatic rings. The molecule has 0 aliphatic carbocycles. The van der Waals surface area contributed by atoms with Crippen molar-refractivity contribution in [2.75, 3.05) is 52.9 Å². The zero-order valence-corrected chi connectivity index (χ0v) is 13.8. The number of hydrogen-bond donors (Lipinski definition) is 2. The third-order valence-corrected chi connectivity index (χ3v) is 3.44. The highest BCUT2D eigenvalue weighted by molar-refractivity contribution is 14.0. The first-order chi connectivity index (χ1) is 8.24. The van der Waals surface area contributed by atoms with E-state index in [-0.39, 0.29) is 24.0 Å². The maximum absolute atomic E-state index is 4.40. The van der Waals surface area contributed by atoms with E-state index in [1.54, 1.807) is 0 Å². The van der Waals surface area contributed by atoms with Crippen molar-refractivity contribution in [3.05, 3.63) is 0 Å². The summed E-state index contributed by atoms with van der Waals surface area (Å²) in [5, 5.41) is 6.70. The van der Waals surface area contributed by atoms with Crippen LogP contribution in [0.15, 0.2) is 4.99 Å². The van der Waals surface area contributed by atoms with Gasteiger partial charge in [-0.05, 0) is 33.5 Å². The largest absolute Gasteiger partial charge is 0.355 e. The summed E-state index contributed by atoms with van der Waals surface area (Å²) < 4.78 is 0. The second-order valence-electron chi connectivity index (χ2n) is 5.16. The van der Waals surface area contributed by atoms with Crippen molar-refractivity contribution in [3.8, 4) is 0 Å². The maximum atomic E-state index is 4.40. The molecule has 18 heavy (non-hydrogen) atoms. The lowest BCUT2D eigenvalue weighted by molar-refractivity contribution is 0.280. The fourth-order valence-corrected chi connectivity index (χ4v) is 2.32. The minimum absolute atomic E-state index is 0. The highest BCUT2D eigenvalue weighted by atomic mass is 127. The van der Waals surface area contributed by atoms with Crippen LogP contribution in [0.5, 0.6) is 0 Å². The molecule has 2 rings (SSSR count). The van der Waals surface area contributed by atoms with Crippen LogP contribution in [-0.4, -0.2) is 74.7 Å². The smallest absolute Gasteiger partial charge is 0.191 e. The van der Waals surface area contributed by atoms with Gasteiger partial charge in [-0.3, -0.25) is 4.99 Å². The lowest BCUT2D eigenvalue weighted by atomic mass is 10.4. The van der Waals surface area contributed by atoms with Gasteiger partial charge in [0.05, 0.1) is 6.54 Å². The third-order valence-electron chi connectivity index (χ3n) is 3.44. The van der Waals surface area contributed by atoms with Gasteiger partial charge in [0.1, 0.15) is 0 Å². The number of nitrogens with one attached hydrogen (secondary N) is 2. The Kier molecular flexibility index (Phi) is 7.25. The number of likely N-dealkylation sites (N-methyl/N-ethyl adjacent to an activating group) is 1. The van der Waals surface area contributed by atoms with E-state index in [0.717, 1.165) is 25.6 Å². The SMILES string of the molecule is CC1CN=C(NCCN2CCCN(C)CC2)N1.I. The Morgan fingerprint density at radius 1 is 1.33 bits per heavy atom. The van der Waals surface area contributed by atoms with Crippen LogP contribution in [0.1, 0.15) is 13.3 Å². The molecular weight excluding hydrogens is 341 g/mol. The van der Waals surface area contributed by atoms with Gasteiger partial charge >= 0.3 is 0 Å². The van der Waals surface area contributed by atoms with Gasteiger partial charge in [-0.15, -0.1) is 24.0 Å². The summed E-state index contributed by atoms with van der Waals surface area (Å²) >= 11 is 0. The van der Waals surface area contributed by atoms with Crippen LogP contribution in [-0.2, 0) is 0 Å². The Balaban J connectivity index is 0.00000162. The predicted octanol–water partition coefficient (Wildman–Crippen LogP) is 0.179. The molecule has 2 aliphatic heterocycles. The average Bonchev–Trinajstić information content (AvgIpc) is 2.59. The molecule has 1 saturated heterocycles. The first kappa shape index (κ1) is 16.0. The topological polar surface area (TPSA) is 42.9 Å². The van der Waals surface area contributed by atoms with Crippen LogP contribution >= 0.6 is 24.0 Å². The molecular formula is C12H26IN5. The van der Waals surface area contributed by atoms with Gasteiger partial charge in [-0.2, -0.15) is 0 Å². The molecule has 1 fully saturated rings. The van der Waals surface area contributed by atoms with Crippen molar-refractivity contribution < 1.29 is 0 Å². The fraction of sp³-hybridized carbons (Fsp3) is 0.917. The summed E-state index contributed by atoms with van der Waals surface area (Å²) in [5.41, 5.74) is 0. The molecule has 0 aromatic rings. The van der Waals surface area contributed by atoms with Crippen LogP contribution in [0.2, 0.25) is 0 Å². The van der Waals surface area contributed by atoms with Crippen molar-refractivity contribution in [2.45, 2.75) is 19.4 Å². The van der Waals surface area contributed by atoms with Crippen LogP contribution < -0.4 is 10.6 Å². The van der Waals surface area contributed by atoms with Gasteiger partial charge in [0.2, 0.25) is 0 Å². The molecule has 0 spiro atoms. The molecule has 2 heterocycles. The highest BCUT2D eigenvalue weighted by Gasteiger charge is 2.13. The molecule has 1 unspecified atom stereocenters. The molecule has 106 valence electrons. The second kappa shape index (κ2) is 8.16. The van der Waals surface area contributed by atoms with Crippen molar-refractivity contribution in [1.29, 1.82) is 0 Å². The van der Waals surface area contributed by atoms with Gasteiger partial charge in [0.25, 0.3) is 0 Å². The Morgan fingerprint density at radius 3 is 2.89 bits per heavy atom. The van der Waals surface area contributed by atoms with Gasteiger partial charge in [0, 0.05) is 32.2 Å².